The van der Waals surface area contributed by atoms with E-state index in [0.717, 1.165) is 0 Å². The molecule has 0 spiro atoms. The highest BCUT2D eigenvalue weighted by Crippen LogP contribution is 2.06. The third-order valence-corrected chi connectivity index (χ3v) is 1.70. The highest BCUT2D eigenvalue weighted by atomic mass is 19.1. The fraction of sp³-hybridized carbons (Fsp3) is 0.182. The second-order valence-corrected chi connectivity index (χ2v) is 2.87. The average molecular weight is 209 g/mol. The zero-order chi connectivity index (χ0) is 11.3. The Morgan fingerprint density at radius 1 is 1.47 bits per heavy atom. The summed E-state index contributed by atoms with van der Waals surface area (Å²) in [6, 6.07) is 5.65. The van der Waals surface area contributed by atoms with Gasteiger partial charge in [0.25, 0.3) is 0 Å². The average Bonchev–Trinajstić information content (AvgIpc) is 2.22. The molecular formula is C11H12FNO2. The summed E-state index contributed by atoms with van der Waals surface area (Å²) in [5.74, 6) is -0.899. The van der Waals surface area contributed by atoms with Gasteiger partial charge in [-0.05, 0) is 30.7 Å². The van der Waals surface area contributed by atoms with E-state index in [4.69, 9.17) is 10.5 Å². The van der Waals surface area contributed by atoms with Crippen molar-refractivity contribution in [3.63, 3.8) is 0 Å². The summed E-state index contributed by atoms with van der Waals surface area (Å²) < 4.78 is 17.3. The number of hydrogen-bond donors (Lipinski definition) is 1. The van der Waals surface area contributed by atoms with Crippen LogP contribution in [-0.4, -0.2) is 12.6 Å². The van der Waals surface area contributed by atoms with Crippen molar-refractivity contribution in [1.29, 1.82) is 0 Å². The van der Waals surface area contributed by atoms with Crippen LogP contribution in [0.5, 0.6) is 0 Å². The molecule has 4 heteroatoms. The van der Waals surface area contributed by atoms with Crippen LogP contribution in [0.25, 0.3) is 6.08 Å². The van der Waals surface area contributed by atoms with Crippen LogP contribution in [0.4, 0.5) is 4.39 Å². The number of esters is 1. The quantitative estimate of drug-likeness (QED) is 0.608. The highest BCUT2D eigenvalue weighted by molar-refractivity contribution is 5.92. The first kappa shape index (κ1) is 11.2. The minimum atomic E-state index is -0.568. The highest BCUT2D eigenvalue weighted by Gasteiger charge is 2.04. The Bertz CT molecular complexity index is 371. The zero-order valence-corrected chi connectivity index (χ0v) is 8.37. The molecule has 0 saturated heterocycles. The molecule has 0 unspecified atom stereocenters. The number of carbonyl (C=O) groups excluding carboxylic acids is 1. The third kappa shape index (κ3) is 3.42. The molecule has 0 aliphatic heterocycles. The Balaban J connectivity index is 2.78. The minimum absolute atomic E-state index is 0.00320. The van der Waals surface area contributed by atoms with Gasteiger partial charge in [0.15, 0.2) is 0 Å². The first-order valence-electron chi connectivity index (χ1n) is 4.53. The molecule has 0 fully saturated rings. The van der Waals surface area contributed by atoms with Gasteiger partial charge in [-0.1, -0.05) is 12.1 Å². The number of hydrogen-bond acceptors (Lipinski definition) is 3. The molecule has 15 heavy (non-hydrogen) atoms. The number of ether oxygens (including phenoxy) is 1. The first-order valence-corrected chi connectivity index (χ1v) is 4.53. The molecule has 0 radical (unpaired) electrons. The second-order valence-electron chi connectivity index (χ2n) is 2.87. The van der Waals surface area contributed by atoms with Crippen molar-refractivity contribution in [1.82, 2.24) is 0 Å². The zero-order valence-electron chi connectivity index (χ0n) is 8.37. The van der Waals surface area contributed by atoms with Crippen LogP contribution in [0.2, 0.25) is 0 Å². The van der Waals surface area contributed by atoms with E-state index in [1.54, 1.807) is 6.92 Å². The molecule has 0 aliphatic carbocycles. The molecule has 80 valence electrons. The fourth-order valence-electron chi connectivity index (χ4n) is 1.01. The molecule has 0 atom stereocenters. The van der Waals surface area contributed by atoms with Gasteiger partial charge in [-0.15, -0.1) is 0 Å². The van der Waals surface area contributed by atoms with E-state index in [2.05, 4.69) is 0 Å². The van der Waals surface area contributed by atoms with Gasteiger partial charge in [0.2, 0.25) is 0 Å². The summed E-state index contributed by atoms with van der Waals surface area (Å²) >= 11 is 0. The predicted octanol–water partition coefficient (Wildman–Crippen LogP) is 1.69. The Morgan fingerprint density at radius 3 is 2.60 bits per heavy atom. The van der Waals surface area contributed by atoms with E-state index in [0.29, 0.717) is 5.56 Å². The molecule has 2 N–H and O–H groups in total. The van der Waals surface area contributed by atoms with Gasteiger partial charge in [0, 0.05) is 0 Å². The van der Waals surface area contributed by atoms with Crippen LogP contribution >= 0.6 is 0 Å². The summed E-state index contributed by atoms with van der Waals surface area (Å²) in [6.45, 7) is 1.97. The molecule has 0 aromatic heterocycles. The van der Waals surface area contributed by atoms with Crippen LogP contribution in [0.1, 0.15) is 12.5 Å². The van der Waals surface area contributed by atoms with Crippen LogP contribution in [-0.2, 0) is 9.53 Å². The SMILES string of the molecule is CCOC(=O)/C(N)=C/c1ccc(F)cc1. The Morgan fingerprint density at radius 2 is 2.07 bits per heavy atom. The van der Waals surface area contributed by atoms with Crippen molar-refractivity contribution in [2.45, 2.75) is 6.92 Å². The minimum Gasteiger partial charge on any atom is -0.461 e. The lowest BCUT2D eigenvalue weighted by atomic mass is 10.2. The van der Waals surface area contributed by atoms with Gasteiger partial charge in [-0.25, -0.2) is 9.18 Å². The van der Waals surface area contributed by atoms with Gasteiger partial charge in [-0.3, -0.25) is 0 Å². The molecule has 0 bridgehead atoms. The monoisotopic (exact) mass is 209 g/mol. The Labute approximate surface area is 87.3 Å². The van der Waals surface area contributed by atoms with Crippen LogP contribution in [0.15, 0.2) is 30.0 Å². The molecule has 0 amide bonds. The van der Waals surface area contributed by atoms with E-state index in [-0.39, 0.29) is 18.1 Å². The Hall–Kier alpha value is -1.84. The summed E-state index contributed by atoms with van der Waals surface area (Å²) in [5.41, 5.74) is 6.12. The second kappa shape index (κ2) is 5.14. The van der Waals surface area contributed by atoms with Crippen LogP contribution in [0, 0.1) is 5.82 Å². The molecular weight excluding hydrogens is 197 g/mol. The van der Waals surface area contributed by atoms with Gasteiger partial charge in [0.05, 0.1) is 6.61 Å². The van der Waals surface area contributed by atoms with Gasteiger partial charge in [0.1, 0.15) is 11.5 Å². The number of benzene rings is 1. The number of nitrogens with two attached hydrogens (primary N) is 1. The molecule has 0 heterocycles. The van der Waals surface area contributed by atoms with E-state index in [1.807, 2.05) is 0 Å². The van der Waals surface area contributed by atoms with Crippen molar-refractivity contribution in [3.05, 3.63) is 41.3 Å². The third-order valence-electron chi connectivity index (χ3n) is 1.70. The van der Waals surface area contributed by atoms with Crippen molar-refractivity contribution in [2.75, 3.05) is 6.61 Å². The molecule has 1 aromatic carbocycles. The lowest BCUT2D eigenvalue weighted by Gasteiger charge is -2.01. The number of halogens is 1. The fourth-order valence-corrected chi connectivity index (χ4v) is 1.01. The van der Waals surface area contributed by atoms with Crippen molar-refractivity contribution >= 4 is 12.0 Å². The normalized spacial score (nSPS) is 11.2. The van der Waals surface area contributed by atoms with Crippen LogP contribution < -0.4 is 5.73 Å². The van der Waals surface area contributed by atoms with Gasteiger partial charge in [-0.2, -0.15) is 0 Å². The van der Waals surface area contributed by atoms with Gasteiger partial charge >= 0.3 is 5.97 Å². The molecule has 1 aromatic rings. The standard InChI is InChI=1S/C11H12FNO2/c1-2-15-11(14)10(13)7-8-3-5-9(12)6-4-8/h3-7H,2,13H2,1H3/b10-7-. The molecule has 0 saturated carbocycles. The number of rotatable bonds is 3. The summed E-state index contributed by atoms with van der Waals surface area (Å²) in [4.78, 5) is 11.1. The molecule has 1 rings (SSSR count). The van der Waals surface area contributed by atoms with E-state index < -0.39 is 5.97 Å². The van der Waals surface area contributed by atoms with E-state index in [9.17, 15) is 9.18 Å². The molecule has 0 aliphatic rings. The van der Waals surface area contributed by atoms with Crippen LogP contribution in [0.3, 0.4) is 0 Å². The van der Waals surface area contributed by atoms with E-state index in [1.165, 1.54) is 30.3 Å². The maximum absolute atomic E-state index is 12.6. The number of carbonyl (C=O) groups is 1. The topological polar surface area (TPSA) is 52.3 Å². The van der Waals surface area contributed by atoms with Crippen molar-refractivity contribution < 1.29 is 13.9 Å². The van der Waals surface area contributed by atoms with Gasteiger partial charge < -0.3 is 10.5 Å². The predicted molar refractivity (Wildman–Crippen MR) is 55.2 cm³/mol. The summed E-state index contributed by atoms with van der Waals surface area (Å²) in [6.07, 6.45) is 1.44. The van der Waals surface area contributed by atoms with Crippen molar-refractivity contribution in [3.8, 4) is 0 Å². The smallest absolute Gasteiger partial charge is 0.354 e. The lowest BCUT2D eigenvalue weighted by Crippen LogP contribution is -2.14. The maximum atomic E-state index is 12.6. The van der Waals surface area contributed by atoms with E-state index >= 15 is 0 Å². The maximum Gasteiger partial charge on any atom is 0.354 e. The first-order chi connectivity index (χ1) is 7.13. The Kier molecular flexibility index (Phi) is 3.85. The largest absolute Gasteiger partial charge is 0.461 e. The summed E-state index contributed by atoms with van der Waals surface area (Å²) in [7, 11) is 0. The summed E-state index contributed by atoms with van der Waals surface area (Å²) in [5, 5.41) is 0. The lowest BCUT2D eigenvalue weighted by molar-refractivity contribution is -0.138. The molecule has 3 nitrogen and oxygen atoms in total. The van der Waals surface area contributed by atoms with Crippen molar-refractivity contribution in [2.24, 2.45) is 5.73 Å².